The summed E-state index contributed by atoms with van der Waals surface area (Å²) in [7, 11) is 0. The van der Waals surface area contributed by atoms with Crippen LogP contribution in [0, 0.1) is 11.7 Å². The van der Waals surface area contributed by atoms with Crippen molar-refractivity contribution in [3.8, 4) is 0 Å². The fourth-order valence-corrected chi connectivity index (χ4v) is 2.33. The number of anilines is 1. The Bertz CT molecular complexity index is 295. The van der Waals surface area contributed by atoms with Gasteiger partial charge in [-0.15, -0.1) is 0 Å². The summed E-state index contributed by atoms with van der Waals surface area (Å²) in [6, 6.07) is 6.74. The second kappa shape index (κ2) is 6.89. The standard InChI is InChI=1S/C13H19BrFN/c1-3-11(9-14)10-16(4-2)13-7-5-12(15)6-8-13/h5-8,11H,3-4,9-10H2,1-2H3. The molecule has 1 aromatic rings. The number of hydrogen-bond acceptors (Lipinski definition) is 1. The molecule has 0 N–H and O–H groups in total. The van der Waals surface area contributed by atoms with Crippen LogP contribution < -0.4 is 4.90 Å². The van der Waals surface area contributed by atoms with Crippen molar-refractivity contribution in [2.75, 3.05) is 23.3 Å². The predicted molar refractivity (Wildman–Crippen MR) is 71.9 cm³/mol. The van der Waals surface area contributed by atoms with Crippen molar-refractivity contribution < 1.29 is 4.39 Å². The van der Waals surface area contributed by atoms with Crippen LogP contribution in [0.15, 0.2) is 24.3 Å². The summed E-state index contributed by atoms with van der Waals surface area (Å²) in [4.78, 5) is 2.29. The molecule has 0 heterocycles. The van der Waals surface area contributed by atoms with Crippen molar-refractivity contribution in [2.45, 2.75) is 20.3 Å². The second-order valence-corrected chi connectivity index (χ2v) is 4.59. The monoisotopic (exact) mass is 287 g/mol. The third-order valence-corrected chi connectivity index (χ3v) is 3.76. The number of halogens is 2. The van der Waals surface area contributed by atoms with Crippen LogP contribution in [-0.2, 0) is 0 Å². The Morgan fingerprint density at radius 1 is 1.25 bits per heavy atom. The van der Waals surface area contributed by atoms with Crippen LogP contribution in [0.3, 0.4) is 0 Å². The molecule has 0 aliphatic rings. The lowest BCUT2D eigenvalue weighted by Crippen LogP contribution is -2.29. The number of alkyl halides is 1. The summed E-state index contributed by atoms with van der Waals surface area (Å²) in [6.07, 6.45) is 1.16. The lowest BCUT2D eigenvalue weighted by atomic mass is 10.1. The third kappa shape index (κ3) is 3.78. The number of benzene rings is 1. The van der Waals surface area contributed by atoms with Gasteiger partial charge < -0.3 is 4.90 Å². The largest absolute Gasteiger partial charge is 0.372 e. The Kier molecular flexibility index (Phi) is 5.81. The van der Waals surface area contributed by atoms with Crippen LogP contribution in [0.5, 0.6) is 0 Å². The van der Waals surface area contributed by atoms with Crippen LogP contribution in [0.4, 0.5) is 10.1 Å². The predicted octanol–water partition coefficient (Wildman–Crippen LogP) is 4.07. The number of rotatable bonds is 6. The van der Waals surface area contributed by atoms with Crippen molar-refractivity contribution in [2.24, 2.45) is 5.92 Å². The Hall–Kier alpha value is -0.570. The van der Waals surface area contributed by atoms with E-state index in [9.17, 15) is 4.39 Å². The van der Waals surface area contributed by atoms with Crippen LogP contribution in [0.1, 0.15) is 20.3 Å². The van der Waals surface area contributed by atoms with E-state index in [2.05, 4.69) is 34.7 Å². The maximum atomic E-state index is 12.8. The van der Waals surface area contributed by atoms with Gasteiger partial charge in [-0.3, -0.25) is 0 Å². The first-order chi connectivity index (χ1) is 7.71. The minimum atomic E-state index is -0.174. The van der Waals surface area contributed by atoms with E-state index in [4.69, 9.17) is 0 Å². The molecule has 3 heteroatoms. The first-order valence-electron chi connectivity index (χ1n) is 5.77. The van der Waals surface area contributed by atoms with Gasteiger partial charge in [0.15, 0.2) is 0 Å². The number of nitrogens with zero attached hydrogens (tertiary/aromatic N) is 1. The maximum Gasteiger partial charge on any atom is 0.123 e. The Morgan fingerprint density at radius 2 is 1.88 bits per heavy atom. The maximum absolute atomic E-state index is 12.8. The molecule has 1 atom stereocenters. The lowest BCUT2D eigenvalue weighted by Gasteiger charge is -2.27. The van der Waals surface area contributed by atoms with E-state index in [-0.39, 0.29) is 5.82 Å². The van der Waals surface area contributed by atoms with E-state index in [0.29, 0.717) is 5.92 Å². The summed E-state index contributed by atoms with van der Waals surface area (Å²) in [5.74, 6) is 0.470. The minimum Gasteiger partial charge on any atom is -0.372 e. The molecule has 0 aromatic heterocycles. The average Bonchev–Trinajstić information content (AvgIpc) is 2.32. The van der Waals surface area contributed by atoms with Crippen molar-refractivity contribution in [1.29, 1.82) is 0 Å². The molecule has 16 heavy (non-hydrogen) atoms. The van der Waals surface area contributed by atoms with Gasteiger partial charge in [-0.25, -0.2) is 4.39 Å². The van der Waals surface area contributed by atoms with E-state index in [1.54, 1.807) is 0 Å². The molecular weight excluding hydrogens is 269 g/mol. The summed E-state index contributed by atoms with van der Waals surface area (Å²) >= 11 is 3.53. The van der Waals surface area contributed by atoms with E-state index < -0.39 is 0 Å². The van der Waals surface area contributed by atoms with Gasteiger partial charge in [0.05, 0.1) is 0 Å². The quantitative estimate of drug-likeness (QED) is 0.713. The summed E-state index contributed by atoms with van der Waals surface area (Å²) < 4.78 is 12.8. The van der Waals surface area contributed by atoms with E-state index >= 15 is 0 Å². The highest BCUT2D eigenvalue weighted by atomic mass is 79.9. The molecule has 0 aliphatic heterocycles. The highest BCUT2D eigenvalue weighted by molar-refractivity contribution is 9.09. The molecule has 0 saturated carbocycles. The van der Waals surface area contributed by atoms with E-state index in [1.165, 1.54) is 12.1 Å². The normalized spacial score (nSPS) is 12.5. The molecule has 0 amide bonds. The summed E-state index contributed by atoms with van der Waals surface area (Å²) in [5.41, 5.74) is 1.10. The molecule has 1 unspecified atom stereocenters. The second-order valence-electron chi connectivity index (χ2n) is 3.94. The van der Waals surface area contributed by atoms with Crippen LogP contribution >= 0.6 is 15.9 Å². The van der Waals surface area contributed by atoms with Gasteiger partial charge in [0.1, 0.15) is 5.82 Å². The fourth-order valence-electron chi connectivity index (χ4n) is 1.67. The van der Waals surface area contributed by atoms with Gasteiger partial charge >= 0.3 is 0 Å². The van der Waals surface area contributed by atoms with Crippen molar-refractivity contribution in [1.82, 2.24) is 0 Å². The molecule has 0 radical (unpaired) electrons. The first kappa shape index (κ1) is 13.5. The SMILES string of the molecule is CCC(CBr)CN(CC)c1ccc(F)cc1. The molecule has 0 aliphatic carbocycles. The Labute approximate surface area is 106 Å². The van der Waals surface area contributed by atoms with Crippen LogP contribution in [0.2, 0.25) is 0 Å². The molecular formula is C13H19BrFN. The molecule has 0 spiro atoms. The third-order valence-electron chi connectivity index (χ3n) is 2.85. The minimum absolute atomic E-state index is 0.174. The molecule has 0 fully saturated rings. The van der Waals surface area contributed by atoms with Gasteiger partial charge in [-0.2, -0.15) is 0 Å². The van der Waals surface area contributed by atoms with Gasteiger partial charge in [0.2, 0.25) is 0 Å². The summed E-state index contributed by atoms with van der Waals surface area (Å²) in [5, 5.41) is 1.02. The van der Waals surface area contributed by atoms with Gasteiger partial charge in [0.25, 0.3) is 0 Å². The average molecular weight is 288 g/mol. The van der Waals surface area contributed by atoms with Crippen LogP contribution in [-0.4, -0.2) is 18.4 Å². The zero-order chi connectivity index (χ0) is 12.0. The van der Waals surface area contributed by atoms with Gasteiger partial charge in [0, 0.05) is 24.1 Å². The van der Waals surface area contributed by atoms with Gasteiger partial charge in [-0.05, 0) is 37.1 Å². The molecule has 0 saturated heterocycles. The summed E-state index contributed by atoms with van der Waals surface area (Å²) in [6.45, 7) is 6.30. The lowest BCUT2D eigenvalue weighted by molar-refractivity contribution is 0.559. The Balaban J connectivity index is 2.70. The van der Waals surface area contributed by atoms with Crippen molar-refractivity contribution in [3.05, 3.63) is 30.1 Å². The topological polar surface area (TPSA) is 3.24 Å². The molecule has 0 bridgehead atoms. The zero-order valence-corrected chi connectivity index (χ0v) is 11.5. The molecule has 1 aromatic carbocycles. The van der Waals surface area contributed by atoms with E-state index in [0.717, 1.165) is 30.5 Å². The van der Waals surface area contributed by atoms with E-state index in [1.807, 2.05) is 12.1 Å². The molecule has 1 rings (SSSR count). The Morgan fingerprint density at radius 3 is 2.31 bits per heavy atom. The molecule has 90 valence electrons. The fraction of sp³-hybridized carbons (Fsp3) is 0.538. The molecule has 1 nitrogen and oxygen atoms in total. The van der Waals surface area contributed by atoms with Crippen molar-refractivity contribution >= 4 is 21.6 Å². The zero-order valence-electron chi connectivity index (χ0n) is 9.92. The first-order valence-corrected chi connectivity index (χ1v) is 6.89. The number of hydrogen-bond donors (Lipinski definition) is 0. The highest BCUT2D eigenvalue weighted by Crippen LogP contribution is 2.18. The van der Waals surface area contributed by atoms with Crippen molar-refractivity contribution in [3.63, 3.8) is 0 Å². The van der Waals surface area contributed by atoms with Crippen LogP contribution in [0.25, 0.3) is 0 Å². The van der Waals surface area contributed by atoms with Gasteiger partial charge in [-0.1, -0.05) is 29.3 Å². The smallest absolute Gasteiger partial charge is 0.123 e. The highest BCUT2D eigenvalue weighted by Gasteiger charge is 2.11.